The molecule has 1 saturated carbocycles. The molecule has 0 unspecified atom stereocenters. The van der Waals surface area contributed by atoms with Crippen molar-refractivity contribution in [1.82, 2.24) is 19.8 Å². The number of hydrogen-bond acceptors (Lipinski definition) is 4. The van der Waals surface area contributed by atoms with E-state index in [1.165, 1.54) is 0 Å². The van der Waals surface area contributed by atoms with Gasteiger partial charge in [-0.1, -0.05) is 0 Å². The van der Waals surface area contributed by atoms with Crippen molar-refractivity contribution in [2.45, 2.75) is 57.3 Å². The predicted molar refractivity (Wildman–Crippen MR) is 100 cm³/mol. The molecule has 0 radical (unpaired) electrons. The highest BCUT2D eigenvalue weighted by Gasteiger charge is 2.35. The number of aromatic amines is 1. The SMILES string of the molecule is CC(=O)N1CCC[C@@H](c2cc(=O)[nH]c(C3CCN(C(=O)C4CC4)CC3)n2)C1. The third-order valence-electron chi connectivity index (χ3n) is 6.18. The fourth-order valence-electron chi connectivity index (χ4n) is 4.36. The molecule has 0 bridgehead atoms. The van der Waals surface area contributed by atoms with Crippen molar-refractivity contribution < 1.29 is 9.59 Å². The van der Waals surface area contributed by atoms with Crippen LogP contribution in [0.25, 0.3) is 0 Å². The Hall–Kier alpha value is -2.18. The van der Waals surface area contributed by atoms with Crippen LogP contribution in [-0.4, -0.2) is 57.8 Å². The van der Waals surface area contributed by atoms with Crippen molar-refractivity contribution in [3.05, 3.63) is 27.9 Å². The number of nitrogens with zero attached hydrogens (tertiary/aromatic N) is 3. The Morgan fingerprint density at radius 2 is 1.78 bits per heavy atom. The number of amides is 2. The normalized spacial score (nSPS) is 24.1. The second-order valence-electron chi connectivity index (χ2n) is 8.23. The number of hydrogen-bond donors (Lipinski definition) is 1. The predicted octanol–water partition coefficient (Wildman–Crippen LogP) is 1.61. The summed E-state index contributed by atoms with van der Waals surface area (Å²) in [6.45, 7) is 4.51. The molecule has 0 aromatic carbocycles. The first-order chi connectivity index (χ1) is 13.0. The van der Waals surface area contributed by atoms with Gasteiger partial charge in [0.2, 0.25) is 11.8 Å². The van der Waals surface area contributed by atoms with E-state index in [2.05, 4.69) is 4.98 Å². The van der Waals surface area contributed by atoms with Crippen molar-refractivity contribution in [1.29, 1.82) is 0 Å². The van der Waals surface area contributed by atoms with E-state index in [0.29, 0.717) is 12.5 Å². The number of H-pyrrole nitrogens is 1. The van der Waals surface area contributed by atoms with E-state index >= 15 is 0 Å². The number of likely N-dealkylation sites (tertiary alicyclic amines) is 2. The topological polar surface area (TPSA) is 86.4 Å². The van der Waals surface area contributed by atoms with Gasteiger partial charge in [0.05, 0.1) is 5.69 Å². The summed E-state index contributed by atoms with van der Waals surface area (Å²) < 4.78 is 0. The van der Waals surface area contributed by atoms with E-state index in [9.17, 15) is 14.4 Å². The number of carbonyl (C=O) groups excluding carboxylic acids is 2. The lowest BCUT2D eigenvalue weighted by atomic mass is 9.92. The molecule has 7 heteroatoms. The maximum absolute atomic E-state index is 12.2. The summed E-state index contributed by atoms with van der Waals surface area (Å²) in [7, 11) is 0. The summed E-state index contributed by atoms with van der Waals surface area (Å²) in [5, 5.41) is 0. The molecule has 2 saturated heterocycles. The Labute approximate surface area is 159 Å². The van der Waals surface area contributed by atoms with Crippen LogP contribution >= 0.6 is 0 Å². The first-order valence-electron chi connectivity index (χ1n) is 10.2. The van der Waals surface area contributed by atoms with Gasteiger partial charge in [0.15, 0.2) is 0 Å². The molecule has 1 aliphatic carbocycles. The molecule has 146 valence electrons. The largest absolute Gasteiger partial charge is 0.342 e. The van der Waals surface area contributed by atoms with Gasteiger partial charge in [-0.05, 0) is 38.5 Å². The van der Waals surface area contributed by atoms with Crippen LogP contribution in [0.2, 0.25) is 0 Å². The Balaban J connectivity index is 1.45. The summed E-state index contributed by atoms with van der Waals surface area (Å²) in [6.07, 6.45) is 5.65. The molecular formula is C20H28N4O3. The van der Waals surface area contributed by atoms with Crippen LogP contribution in [0.15, 0.2) is 10.9 Å². The van der Waals surface area contributed by atoms with Crippen molar-refractivity contribution in [3.8, 4) is 0 Å². The third kappa shape index (κ3) is 4.06. The lowest BCUT2D eigenvalue weighted by Crippen LogP contribution is -2.40. The fraction of sp³-hybridized carbons (Fsp3) is 0.700. The number of aromatic nitrogens is 2. The number of rotatable bonds is 3. The highest BCUT2D eigenvalue weighted by molar-refractivity contribution is 5.81. The van der Waals surface area contributed by atoms with Crippen LogP contribution in [0.5, 0.6) is 0 Å². The van der Waals surface area contributed by atoms with E-state index in [1.807, 2.05) is 9.80 Å². The molecule has 7 nitrogen and oxygen atoms in total. The first kappa shape index (κ1) is 18.2. The molecule has 0 spiro atoms. The molecule has 27 heavy (non-hydrogen) atoms. The zero-order valence-corrected chi connectivity index (χ0v) is 15.9. The van der Waals surface area contributed by atoms with E-state index in [0.717, 1.165) is 69.7 Å². The Morgan fingerprint density at radius 3 is 2.44 bits per heavy atom. The highest BCUT2D eigenvalue weighted by Crippen LogP contribution is 2.34. The van der Waals surface area contributed by atoms with Crippen molar-refractivity contribution in [2.75, 3.05) is 26.2 Å². The van der Waals surface area contributed by atoms with Gasteiger partial charge in [0.25, 0.3) is 5.56 Å². The van der Waals surface area contributed by atoms with Crippen LogP contribution in [0.1, 0.15) is 68.8 Å². The number of carbonyl (C=O) groups is 2. The fourth-order valence-corrected chi connectivity index (χ4v) is 4.36. The molecule has 3 fully saturated rings. The molecular weight excluding hydrogens is 344 g/mol. The Bertz CT molecular complexity index is 778. The Morgan fingerprint density at radius 1 is 1.04 bits per heavy atom. The van der Waals surface area contributed by atoms with Crippen molar-refractivity contribution >= 4 is 11.8 Å². The quantitative estimate of drug-likeness (QED) is 0.873. The lowest BCUT2D eigenvalue weighted by molar-refractivity contribution is -0.133. The molecule has 1 N–H and O–H groups in total. The molecule has 1 aromatic heterocycles. The molecule has 3 aliphatic rings. The van der Waals surface area contributed by atoms with Gasteiger partial charge in [-0.2, -0.15) is 0 Å². The molecule has 1 atom stereocenters. The minimum atomic E-state index is -0.119. The molecule has 2 aliphatic heterocycles. The van der Waals surface area contributed by atoms with Crippen molar-refractivity contribution in [3.63, 3.8) is 0 Å². The molecule has 2 amide bonds. The van der Waals surface area contributed by atoms with E-state index in [-0.39, 0.29) is 29.2 Å². The maximum Gasteiger partial charge on any atom is 0.251 e. The summed E-state index contributed by atoms with van der Waals surface area (Å²) in [5.74, 6) is 1.70. The van der Waals surface area contributed by atoms with Gasteiger partial charge in [0.1, 0.15) is 5.82 Å². The standard InChI is InChI=1S/C20H28N4O3/c1-13(25)24-8-2-3-16(12-24)17-11-18(26)22-19(21-17)14-6-9-23(10-7-14)20(27)15-4-5-15/h11,14-16H,2-10,12H2,1H3,(H,21,22,26)/t16-/m1/s1. The van der Waals surface area contributed by atoms with Gasteiger partial charge < -0.3 is 14.8 Å². The minimum Gasteiger partial charge on any atom is -0.342 e. The smallest absolute Gasteiger partial charge is 0.251 e. The van der Waals surface area contributed by atoms with Crippen LogP contribution < -0.4 is 5.56 Å². The number of piperidine rings is 2. The lowest BCUT2D eigenvalue weighted by Gasteiger charge is -2.33. The minimum absolute atomic E-state index is 0.0810. The van der Waals surface area contributed by atoms with E-state index in [4.69, 9.17) is 4.98 Å². The van der Waals surface area contributed by atoms with Crippen LogP contribution in [0.4, 0.5) is 0 Å². The van der Waals surface area contributed by atoms with Gasteiger partial charge in [-0.25, -0.2) is 4.98 Å². The Kier molecular flexibility index (Phi) is 5.02. The average molecular weight is 372 g/mol. The summed E-state index contributed by atoms with van der Waals surface area (Å²) in [4.78, 5) is 47.7. The molecule has 1 aromatic rings. The second-order valence-corrected chi connectivity index (χ2v) is 8.23. The third-order valence-corrected chi connectivity index (χ3v) is 6.18. The summed E-state index contributed by atoms with van der Waals surface area (Å²) in [6, 6.07) is 1.59. The van der Waals surface area contributed by atoms with Gasteiger partial charge in [0, 0.05) is 56.9 Å². The zero-order chi connectivity index (χ0) is 19.0. The van der Waals surface area contributed by atoms with Gasteiger partial charge >= 0.3 is 0 Å². The van der Waals surface area contributed by atoms with Gasteiger partial charge in [-0.15, -0.1) is 0 Å². The monoisotopic (exact) mass is 372 g/mol. The van der Waals surface area contributed by atoms with E-state index < -0.39 is 0 Å². The molecule has 3 heterocycles. The van der Waals surface area contributed by atoms with Gasteiger partial charge in [-0.3, -0.25) is 14.4 Å². The van der Waals surface area contributed by atoms with Crippen LogP contribution in [0, 0.1) is 5.92 Å². The second kappa shape index (κ2) is 7.44. The first-order valence-corrected chi connectivity index (χ1v) is 10.2. The maximum atomic E-state index is 12.2. The zero-order valence-electron chi connectivity index (χ0n) is 15.9. The van der Waals surface area contributed by atoms with E-state index in [1.54, 1.807) is 13.0 Å². The van der Waals surface area contributed by atoms with Crippen LogP contribution in [0.3, 0.4) is 0 Å². The summed E-state index contributed by atoms with van der Waals surface area (Å²) >= 11 is 0. The number of nitrogens with one attached hydrogen (secondary N) is 1. The summed E-state index contributed by atoms with van der Waals surface area (Å²) in [5.41, 5.74) is 0.683. The molecule has 4 rings (SSSR count). The van der Waals surface area contributed by atoms with Crippen LogP contribution in [-0.2, 0) is 9.59 Å². The van der Waals surface area contributed by atoms with Crippen molar-refractivity contribution in [2.24, 2.45) is 5.92 Å². The average Bonchev–Trinajstić information content (AvgIpc) is 3.52. The highest BCUT2D eigenvalue weighted by atomic mass is 16.2.